The molecule has 134 valence electrons. The predicted octanol–water partition coefficient (Wildman–Crippen LogP) is 2.68. The minimum Gasteiger partial charge on any atom is -0.465 e. The summed E-state index contributed by atoms with van der Waals surface area (Å²) in [4.78, 5) is 25.2. The lowest BCUT2D eigenvalue weighted by Gasteiger charge is -2.44. The van der Waals surface area contributed by atoms with Gasteiger partial charge < -0.3 is 20.2 Å². The third-order valence-corrected chi connectivity index (χ3v) is 4.57. The molecule has 7 heteroatoms. The summed E-state index contributed by atoms with van der Waals surface area (Å²) in [6, 6.07) is -0.781. The van der Waals surface area contributed by atoms with E-state index < -0.39 is 29.9 Å². The quantitative estimate of drug-likeness (QED) is 0.719. The van der Waals surface area contributed by atoms with E-state index in [2.05, 4.69) is 0 Å². The Morgan fingerprint density at radius 2 is 1.61 bits per heavy atom. The van der Waals surface area contributed by atoms with Crippen LogP contribution in [-0.4, -0.2) is 68.6 Å². The van der Waals surface area contributed by atoms with Crippen molar-refractivity contribution in [2.24, 2.45) is 5.92 Å². The van der Waals surface area contributed by atoms with E-state index in [4.69, 9.17) is 5.11 Å². The van der Waals surface area contributed by atoms with Crippen LogP contribution >= 0.6 is 0 Å². The molecule has 1 rings (SSSR count). The second-order valence-electron chi connectivity index (χ2n) is 7.44. The lowest BCUT2D eigenvalue weighted by molar-refractivity contribution is -0.0338. The number of hydrogen-bond donors (Lipinski definition) is 3. The van der Waals surface area contributed by atoms with Crippen molar-refractivity contribution in [1.82, 2.24) is 9.80 Å². The number of likely N-dealkylation sites (N-methyl/N-ethyl adjacent to an activating group) is 1. The fourth-order valence-electron chi connectivity index (χ4n) is 3.42. The van der Waals surface area contributed by atoms with Gasteiger partial charge in [0.15, 0.2) is 0 Å². The van der Waals surface area contributed by atoms with Crippen molar-refractivity contribution in [1.29, 1.82) is 0 Å². The van der Waals surface area contributed by atoms with E-state index in [1.165, 1.54) is 11.9 Å². The summed E-state index contributed by atoms with van der Waals surface area (Å²) < 4.78 is 0. The van der Waals surface area contributed by atoms with Gasteiger partial charge >= 0.3 is 12.2 Å². The van der Waals surface area contributed by atoms with Crippen molar-refractivity contribution in [3.05, 3.63) is 0 Å². The number of aliphatic hydroxyl groups excluding tert-OH is 1. The molecule has 0 spiro atoms. The molecule has 2 atom stereocenters. The maximum Gasteiger partial charge on any atom is 0.408 e. The van der Waals surface area contributed by atoms with Gasteiger partial charge in [0.25, 0.3) is 0 Å². The monoisotopic (exact) mass is 330 g/mol. The minimum absolute atomic E-state index is 0.0140. The van der Waals surface area contributed by atoms with Crippen LogP contribution in [-0.2, 0) is 0 Å². The molecule has 0 heterocycles. The van der Waals surface area contributed by atoms with Gasteiger partial charge in [-0.15, -0.1) is 0 Å². The van der Waals surface area contributed by atoms with Crippen molar-refractivity contribution >= 4 is 12.2 Å². The summed E-state index contributed by atoms with van der Waals surface area (Å²) in [5.74, 6) is 0.0140. The maximum absolute atomic E-state index is 11.8. The summed E-state index contributed by atoms with van der Waals surface area (Å²) in [5.41, 5.74) is -0.731. The van der Waals surface area contributed by atoms with Crippen molar-refractivity contribution in [3.63, 3.8) is 0 Å². The first kappa shape index (κ1) is 19.5. The highest BCUT2D eigenvalue weighted by molar-refractivity contribution is 5.67. The van der Waals surface area contributed by atoms with E-state index in [-0.39, 0.29) is 12.5 Å². The smallest absolute Gasteiger partial charge is 0.408 e. The molecule has 0 aromatic carbocycles. The molecule has 0 unspecified atom stereocenters. The van der Waals surface area contributed by atoms with Gasteiger partial charge in [0.2, 0.25) is 0 Å². The Hall–Kier alpha value is -1.50. The van der Waals surface area contributed by atoms with Crippen LogP contribution in [0.4, 0.5) is 9.59 Å². The Kier molecular flexibility index (Phi) is 6.68. The normalized spacial score (nSPS) is 19.0. The molecule has 0 saturated heterocycles. The highest BCUT2D eigenvalue weighted by Gasteiger charge is 2.41. The molecule has 0 aromatic rings. The molecular formula is C16H30N2O5. The van der Waals surface area contributed by atoms with Crippen molar-refractivity contribution in [2.45, 2.75) is 70.6 Å². The zero-order valence-electron chi connectivity index (χ0n) is 14.5. The lowest BCUT2D eigenvalue weighted by atomic mass is 9.81. The SMILES string of the molecule is CN(C[C@H]([C@H](O)C1CCCCC1)N(C(=O)O)C(C)(C)C)C(=O)O. The number of hydrogen-bond acceptors (Lipinski definition) is 3. The summed E-state index contributed by atoms with van der Waals surface area (Å²) in [5, 5.41) is 29.6. The molecule has 1 saturated carbocycles. The van der Waals surface area contributed by atoms with E-state index in [0.717, 1.165) is 37.0 Å². The Morgan fingerprint density at radius 3 is 2.00 bits per heavy atom. The third-order valence-electron chi connectivity index (χ3n) is 4.57. The van der Waals surface area contributed by atoms with Crippen LogP contribution in [0.3, 0.4) is 0 Å². The van der Waals surface area contributed by atoms with Gasteiger partial charge in [-0.05, 0) is 39.5 Å². The zero-order valence-corrected chi connectivity index (χ0v) is 14.5. The minimum atomic E-state index is -1.14. The molecule has 2 amide bonds. The number of carboxylic acid groups (broad SMARTS) is 2. The van der Waals surface area contributed by atoms with E-state index in [0.29, 0.717) is 0 Å². The van der Waals surface area contributed by atoms with Crippen LogP contribution in [0.1, 0.15) is 52.9 Å². The van der Waals surface area contributed by atoms with Gasteiger partial charge in [-0.1, -0.05) is 19.3 Å². The van der Waals surface area contributed by atoms with Gasteiger partial charge in [0.1, 0.15) is 0 Å². The summed E-state index contributed by atoms with van der Waals surface area (Å²) >= 11 is 0. The van der Waals surface area contributed by atoms with E-state index in [1.54, 1.807) is 20.8 Å². The first-order chi connectivity index (χ1) is 10.6. The van der Waals surface area contributed by atoms with E-state index in [1.807, 2.05) is 0 Å². The fourth-order valence-corrected chi connectivity index (χ4v) is 3.42. The standard InChI is InChI=1S/C16H30N2O5/c1-16(2,3)18(15(22)23)12(10-17(4)14(20)21)13(19)11-8-6-5-7-9-11/h11-13,19H,5-10H2,1-4H3,(H,20,21)(H,22,23)/t12-,13-/m1/s1. The topological polar surface area (TPSA) is 101 Å². The van der Waals surface area contributed by atoms with Crippen molar-refractivity contribution in [2.75, 3.05) is 13.6 Å². The van der Waals surface area contributed by atoms with Crippen LogP contribution < -0.4 is 0 Å². The van der Waals surface area contributed by atoms with Crippen LogP contribution in [0.5, 0.6) is 0 Å². The van der Waals surface area contributed by atoms with Crippen LogP contribution in [0.15, 0.2) is 0 Å². The average Bonchev–Trinajstić information content (AvgIpc) is 2.44. The number of rotatable bonds is 5. The molecule has 0 aliphatic heterocycles. The molecular weight excluding hydrogens is 300 g/mol. The zero-order chi connectivity index (χ0) is 17.8. The predicted molar refractivity (Wildman–Crippen MR) is 86.6 cm³/mol. The van der Waals surface area contributed by atoms with Crippen molar-refractivity contribution in [3.8, 4) is 0 Å². The highest BCUT2D eigenvalue weighted by Crippen LogP contribution is 2.31. The van der Waals surface area contributed by atoms with Gasteiger partial charge in [-0.3, -0.25) is 4.90 Å². The summed E-state index contributed by atoms with van der Waals surface area (Å²) in [6.07, 6.45) is 1.73. The summed E-state index contributed by atoms with van der Waals surface area (Å²) in [7, 11) is 1.39. The molecule has 23 heavy (non-hydrogen) atoms. The second-order valence-corrected chi connectivity index (χ2v) is 7.44. The fraction of sp³-hybridized carbons (Fsp3) is 0.875. The molecule has 3 N–H and O–H groups in total. The Labute approximate surface area is 137 Å². The number of carbonyl (C=O) groups is 2. The van der Waals surface area contributed by atoms with Gasteiger partial charge in [0, 0.05) is 19.1 Å². The Bertz CT molecular complexity index is 415. The van der Waals surface area contributed by atoms with Crippen LogP contribution in [0.25, 0.3) is 0 Å². The van der Waals surface area contributed by atoms with Gasteiger partial charge in [-0.2, -0.15) is 0 Å². The van der Waals surface area contributed by atoms with E-state index in [9.17, 15) is 19.8 Å². The highest BCUT2D eigenvalue weighted by atomic mass is 16.4. The van der Waals surface area contributed by atoms with Gasteiger partial charge in [-0.25, -0.2) is 9.59 Å². The average molecular weight is 330 g/mol. The number of aliphatic hydroxyl groups is 1. The van der Waals surface area contributed by atoms with E-state index >= 15 is 0 Å². The Morgan fingerprint density at radius 1 is 1.09 bits per heavy atom. The molecule has 0 aromatic heterocycles. The van der Waals surface area contributed by atoms with Gasteiger partial charge in [0.05, 0.1) is 12.1 Å². The summed E-state index contributed by atoms with van der Waals surface area (Å²) in [6.45, 7) is 5.21. The number of amides is 2. The van der Waals surface area contributed by atoms with Crippen LogP contribution in [0.2, 0.25) is 0 Å². The first-order valence-corrected chi connectivity index (χ1v) is 8.20. The van der Waals surface area contributed by atoms with Crippen LogP contribution in [0, 0.1) is 5.92 Å². The largest absolute Gasteiger partial charge is 0.465 e. The molecule has 0 bridgehead atoms. The number of nitrogens with zero attached hydrogens (tertiary/aromatic N) is 2. The molecule has 1 fully saturated rings. The molecule has 0 radical (unpaired) electrons. The Balaban J connectivity index is 3.07. The lowest BCUT2D eigenvalue weighted by Crippen LogP contribution is -2.60. The maximum atomic E-state index is 11.8. The molecule has 7 nitrogen and oxygen atoms in total. The molecule has 1 aliphatic carbocycles. The second kappa shape index (κ2) is 7.86. The third kappa shape index (κ3) is 5.27. The first-order valence-electron chi connectivity index (χ1n) is 8.20. The molecule has 1 aliphatic rings. The van der Waals surface area contributed by atoms with Crippen molar-refractivity contribution < 1.29 is 24.9 Å².